The third kappa shape index (κ3) is 2.56. The molecule has 0 saturated heterocycles. The van der Waals surface area contributed by atoms with Crippen LogP contribution in [0.4, 0.5) is 0 Å². The second-order valence-corrected chi connectivity index (χ2v) is 4.11. The van der Waals surface area contributed by atoms with Gasteiger partial charge in [-0.05, 0) is 19.0 Å². The quantitative estimate of drug-likeness (QED) is 0.609. The summed E-state index contributed by atoms with van der Waals surface area (Å²) >= 11 is 0. The van der Waals surface area contributed by atoms with Crippen LogP contribution in [0, 0.1) is 0 Å². The van der Waals surface area contributed by atoms with Gasteiger partial charge < -0.3 is 5.32 Å². The Morgan fingerprint density at radius 2 is 2.24 bits per heavy atom. The molecule has 3 nitrogen and oxygen atoms in total. The second-order valence-electron chi connectivity index (χ2n) is 4.11. The van der Waals surface area contributed by atoms with Crippen LogP contribution in [0.2, 0.25) is 0 Å². The Morgan fingerprint density at radius 3 is 3.00 bits per heavy atom. The maximum Gasteiger partial charge on any atom is 0.0841 e. The minimum atomic E-state index is 0.758. The average Bonchev–Trinajstić information content (AvgIpc) is 2.70. The lowest BCUT2D eigenvalue weighted by Gasteiger charge is -1.99. The standard InChI is InChI=1S/C14H19N3/c1-3-9-15-11-13-12-7-5-6-8-14(12)17(16-13)10-4-2/h4-8,15H,2-3,9-11H2,1H3. The van der Waals surface area contributed by atoms with E-state index in [4.69, 9.17) is 0 Å². The van der Waals surface area contributed by atoms with E-state index in [1.807, 2.05) is 16.8 Å². The van der Waals surface area contributed by atoms with Crippen molar-refractivity contribution in [3.63, 3.8) is 0 Å². The molecule has 0 amide bonds. The Balaban J connectivity index is 2.31. The van der Waals surface area contributed by atoms with Crippen LogP contribution in [-0.4, -0.2) is 16.3 Å². The Bertz CT molecular complexity index is 499. The van der Waals surface area contributed by atoms with Gasteiger partial charge in [-0.2, -0.15) is 5.10 Å². The fraction of sp³-hybridized carbons (Fsp3) is 0.357. The van der Waals surface area contributed by atoms with Crippen molar-refractivity contribution < 1.29 is 0 Å². The van der Waals surface area contributed by atoms with E-state index in [0.29, 0.717) is 0 Å². The van der Waals surface area contributed by atoms with Gasteiger partial charge in [0.25, 0.3) is 0 Å². The van der Waals surface area contributed by atoms with E-state index in [9.17, 15) is 0 Å². The van der Waals surface area contributed by atoms with Gasteiger partial charge in [-0.15, -0.1) is 6.58 Å². The zero-order chi connectivity index (χ0) is 12.1. The molecule has 2 aromatic rings. The minimum absolute atomic E-state index is 0.758. The van der Waals surface area contributed by atoms with Gasteiger partial charge in [-0.3, -0.25) is 4.68 Å². The molecule has 1 aromatic carbocycles. The molecule has 3 heteroatoms. The van der Waals surface area contributed by atoms with E-state index in [1.165, 1.54) is 10.9 Å². The van der Waals surface area contributed by atoms with Crippen LogP contribution in [0.25, 0.3) is 10.9 Å². The topological polar surface area (TPSA) is 29.9 Å². The number of nitrogens with one attached hydrogen (secondary N) is 1. The van der Waals surface area contributed by atoms with Gasteiger partial charge in [0.2, 0.25) is 0 Å². The molecule has 0 aliphatic carbocycles. The van der Waals surface area contributed by atoms with Gasteiger partial charge in [0, 0.05) is 11.9 Å². The zero-order valence-corrected chi connectivity index (χ0v) is 10.3. The number of benzene rings is 1. The van der Waals surface area contributed by atoms with Crippen molar-refractivity contribution in [3.05, 3.63) is 42.6 Å². The molecule has 0 aliphatic heterocycles. The molecule has 0 saturated carbocycles. The summed E-state index contributed by atoms with van der Waals surface area (Å²) in [6, 6.07) is 8.35. The average molecular weight is 229 g/mol. The van der Waals surface area contributed by atoms with Gasteiger partial charge in [-0.25, -0.2) is 0 Å². The molecule has 0 spiro atoms. The second kappa shape index (κ2) is 5.64. The SMILES string of the molecule is C=CCn1nc(CNCCC)c2ccccc21. The van der Waals surface area contributed by atoms with Crippen molar-refractivity contribution in [3.8, 4) is 0 Å². The van der Waals surface area contributed by atoms with Crippen molar-refractivity contribution >= 4 is 10.9 Å². The number of aromatic nitrogens is 2. The first kappa shape index (κ1) is 11.9. The van der Waals surface area contributed by atoms with Crippen molar-refractivity contribution in [1.29, 1.82) is 0 Å². The van der Waals surface area contributed by atoms with E-state index in [2.05, 4.69) is 42.1 Å². The predicted octanol–water partition coefficient (Wildman–Crippen LogP) is 2.72. The Kier molecular flexibility index (Phi) is 3.94. The number of nitrogens with zero attached hydrogens (tertiary/aromatic N) is 2. The smallest absolute Gasteiger partial charge is 0.0841 e. The molecule has 0 aliphatic rings. The van der Waals surface area contributed by atoms with Gasteiger partial charge in [0.05, 0.1) is 17.8 Å². The first-order valence-electron chi connectivity index (χ1n) is 6.13. The zero-order valence-electron chi connectivity index (χ0n) is 10.3. The number of rotatable bonds is 6. The number of allylic oxidation sites excluding steroid dienone is 1. The van der Waals surface area contributed by atoms with Crippen LogP contribution in [0.5, 0.6) is 0 Å². The fourth-order valence-corrected chi connectivity index (χ4v) is 1.97. The van der Waals surface area contributed by atoms with Gasteiger partial charge in [-0.1, -0.05) is 31.2 Å². The minimum Gasteiger partial charge on any atom is -0.311 e. The summed E-state index contributed by atoms with van der Waals surface area (Å²) in [4.78, 5) is 0. The summed E-state index contributed by atoms with van der Waals surface area (Å²) in [6.07, 6.45) is 3.02. The lowest BCUT2D eigenvalue weighted by atomic mass is 10.2. The van der Waals surface area contributed by atoms with Gasteiger partial charge in [0.15, 0.2) is 0 Å². The first-order chi connectivity index (χ1) is 8.36. The highest BCUT2D eigenvalue weighted by Crippen LogP contribution is 2.18. The van der Waals surface area contributed by atoms with Gasteiger partial charge >= 0.3 is 0 Å². The fourth-order valence-electron chi connectivity index (χ4n) is 1.97. The molecule has 0 bridgehead atoms. The Morgan fingerprint density at radius 1 is 1.41 bits per heavy atom. The van der Waals surface area contributed by atoms with E-state index < -0.39 is 0 Å². The van der Waals surface area contributed by atoms with Crippen molar-refractivity contribution in [2.75, 3.05) is 6.54 Å². The third-order valence-corrected chi connectivity index (χ3v) is 2.76. The highest BCUT2D eigenvalue weighted by Gasteiger charge is 2.08. The summed E-state index contributed by atoms with van der Waals surface area (Å²) < 4.78 is 2.01. The molecule has 0 radical (unpaired) electrons. The number of hydrogen-bond donors (Lipinski definition) is 1. The summed E-state index contributed by atoms with van der Waals surface area (Å²) in [6.45, 7) is 8.56. The molecule has 17 heavy (non-hydrogen) atoms. The molecular formula is C14H19N3. The lowest BCUT2D eigenvalue weighted by molar-refractivity contribution is 0.640. The normalized spacial score (nSPS) is 10.9. The Labute approximate surface area is 102 Å². The van der Waals surface area contributed by atoms with E-state index >= 15 is 0 Å². The summed E-state index contributed by atoms with van der Waals surface area (Å²) in [7, 11) is 0. The monoisotopic (exact) mass is 229 g/mol. The van der Waals surface area contributed by atoms with Crippen molar-refractivity contribution in [1.82, 2.24) is 15.1 Å². The molecule has 90 valence electrons. The summed E-state index contributed by atoms with van der Waals surface area (Å²) in [5, 5.41) is 9.27. The van der Waals surface area contributed by atoms with Crippen LogP contribution < -0.4 is 5.32 Å². The molecule has 0 unspecified atom stereocenters. The largest absolute Gasteiger partial charge is 0.311 e. The molecule has 1 N–H and O–H groups in total. The van der Waals surface area contributed by atoms with Gasteiger partial charge in [0.1, 0.15) is 0 Å². The predicted molar refractivity (Wildman–Crippen MR) is 71.9 cm³/mol. The molecule has 1 aromatic heterocycles. The first-order valence-corrected chi connectivity index (χ1v) is 6.13. The number of fused-ring (bicyclic) bond motifs is 1. The molecule has 0 atom stereocenters. The van der Waals surface area contributed by atoms with Crippen LogP contribution in [0.15, 0.2) is 36.9 Å². The van der Waals surface area contributed by atoms with Crippen LogP contribution in [-0.2, 0) is 13.1 Å². The highest BCUT2D eigenvalue weighted by molar-refractivity contribution is 5.81. The number of hydrogen-bond acceptors (Lipinski definition) is 2. The summed E-state index contributed by atoms with van der Waals surface area (Å²) in [5.41, 5.74) is 2.30. The number of para-hydroxylation sites is 1. The molecular weight excluding hydrogens is 210 g/mol. The molecule has 0 fully saturated rings. The van der Waals surface area contributed by atoms with E-state index in [0.717, 1.165) is 31.7 Å². The van der Waals surface area contributed by atoms with Crippen LogP contribution >= 0.6 is 0 Å². The maximum atomic E-state index is 4.63. The molecule has 1 heterocycles. The van der Waals surface area contributed by atoms with E-state index in [-0.39, 0.29) is 0 Å². The third-order valence-electron chi connectivity index (χ3n) is 2.76. The van der Waals surface area contributed by atoms with Crippen LogP contribution in [0.3, 0.4) is 0 Å². The van der Waals surface area contributed by atoms with Crippen molar-refractivity contribution in [2.45, 2.75) is 26.4 Å². The Hall–Kier alpha value is -1.61. The molecule has 2 rings (SSSR count). The highest BCUT2D eigenvalue weighted by atomic mass is 15.3. The van der Waals surface area contributed by atoms with Crippen LogP contribution in [0.1, 0.15) is 19.0 Å². The lowest BCUT2D eigenvalue weighted by Crippen LogP contribution is -2.14. The maximum absolute atomic E-state index is 4.63. The van der Waals surface area contributed by atoms with E-state index in [1.54, 1.807) is 0 Å². The summed E-state index contributed by atoms with van der Waals surface area (Å²) in [5.74, 6) is 0. The van der Waals surface area contributed by atoms with Crippen molar-refractivity contribution in [2.24, 2.45) is 0 Å².